The summed E-state index contributed by atoms with van der Waals surface area (Å²) < 4.78 is 27.6. The lowest BCUT2D eigenvalue weighted by Gasteiger charge is -2.29. The first-order valence-electron chi connectivity index (χ1n) is 8.38. The predicted octanol–water partition coefficient (Wildman–Crippen LogP) is 0.641. The highest BCUT2D eigenvalue weighted by Gasteiger charge is 2.29. The molecular weight excluding hydrogens is 354 g/mol. The average Bonchev–Trinajstić information content (AvgIpc) is 2.90. The topological polar surface area (TPSA) is 101 Å². The lowest BCUT2D eigenvalue weighted by atomic mass is 9.97. The molecule has 2 aromatic rings. The molecule has 0 N–H and O–H groups in total. The monoisotopic (exact) mass is 375 g/mol. The number of nitriles is 1. The first kappa shape index (κ1) is 18.4. The van der Waals surface area contributed by atoms with Crippen LogP contribution in [0.2, 0.25) is 0 Å². The Labute approximate surface area is 152 Å². The van der Waals surface area contributed by atoms with Crippen molar-refractivity contribution in [2.24, 2.45) is 7.05 Å². The summed E-state index contributed by atoms with van der Waals surface area (Å²) in [6.45, 7) is 1.10. The lowest BCUT2D eigenvalue weighted by Crippen LogP contribution is -2.37. The second kappa shape index (κ2) is 7.05. The van der Waals surface area contributed by atoms with Crippen LogP contribution in [-0.4, -0.2) is 46.4 Å². The quantitative estimate of drug-likeness (QED) is 0.781. The van der Waals surface area contributed by atoms with Crippen molar-refractivity contribution in [3.63, 3.8) is 0 Å². The van der Waals surface area contributed by atoms with Gasteiger partial charge in [-0.25, -0.2) is 22.2 Å². The maximum Gasteiger partial charge on any atom is 0.345 e. The number of nitrogens with zero attached hydrogens (tertiary/aromatic N) is 5. The van der Waals surface area contributed by atoms with E-state index in [0.717, 1.165) is 5.56 Å². The molecule has 1 aromatic heterocycles. The summed E-state index contributed by atoms with van der Waals surface area (Å²) >= 11 is 0. The molecular formula is C17H21N5O3S. The van der Waals surface area contributed by atoms with Crippen LogP contribution in [0.5, 0.6) is 0 Å². The fourth-order valence-electron chi connectivity index (χ4n) is 3.34. The third-order valence-corrected chi connectivity index (χ3v) is 6.12. The van der Waals surface area contributed by atoms with Crippen LogP contribution in [0.4, 0.5) is 0 Å². The Morgan fingerprint density at radius 2 is 1.92 bits per heavy atom. The molecule has 2 heterocycles. The number of rotatable bonds is 4. The molecule has 8 nitrogen and oxygen atoms in total. The van der Waals surface area contributed by atoms with E-state index in [4.69, 9.17) is 0 Å². The Hall–Kier alpha value is -2.44. The van der Waals surface area contributed by atoms with Crippen LogP contribution in [-0.2, 0) is 23.6 Å². The van der Waals surface area contributed by atoms with Gasteiger partial charge in [0.05, 0.1) is 24.4 Å². The Morgan fingerprint density at radius 1 is 1.27 bits per heavy atom. The fourth-order valence-corrected chi connectivity index (χ4v) is 4.21. The van der Waals surface area contributed by atoms with Gasteiger partial charge in [0.25, 0.3) is 0 Å². The van der Waals surface area contributed by atoms with Crippen molar-refractivity contribution in [1.29, 1.82) is 5.26 Å². The third kappa shape index (κ3) is 3.57. The molecule has 1 saturated heterocycles. The largest absolute Gasteiger partial charge is 0.345 e. The predicted molar refractivity (Wildman–Crippen MR) is 96.1 cm³/mol. The average molecular weight is 375 g/mol. The van der Waals surface area contributed by atoms with Gasteiger partial charge in [-0.2, -0.15) is 10.4 Å². The van der Waals surface area contributed by atoms with Crippen molar-refractivity contribution < 1.29 is 8.42 Å². The van der Waals surface area contributed by atoms with Gasteiger partial charge >= 0.3 is 5.69 Å². The van der Waals surface area contributed by atoms with Crippen molar-refractivity contribution in [2.45, 2.75) is 25.3 Å². The summed E-state index contributed by atoms with van der Waals surface area (Å²) in [6.07, 6.45) is 2.47. The van der Waals surface area contributed by atoms with Crippen molar-refractivity contribution in [1.82, 2.24) is 18.7 Å². The second-order valence-electron chi connectivity index (χ2n) is 6.56. The minimum Gasteiger partial charge on any atom is -0.282 e. The summed E-state index contributed by atoms with van der Waals surface area (Å²) in [4.78, 5) is 12.5. The van der Waals surface area contributed by atoms with Crippen molar-refractivity contribution in [3.8, 4) is 6.07 Å². The molecule has 0 atom stereocenters. The van der Waals surface area contributed by atoms with Gasteiger partial charge in [0, 0.05) is 26.1 Å². The van der Waals surface area contributed by atoms with Gasteiger partial charge in [-0.1, -0.05) is 18.2 Å². The molecule has 0 saturated carbocycles. The van der Waals surface area contributed by atoms with E-state index in [2.05, 4.69) is 11.2 Å². The molecule has 1 aliphatic heterocycles. The highest BCUT2D eigenvalue weighted by molar-refractivity contribution is 7.88. The van der Waals surface area contributed by atoms with Gasteiger partial charge in [-0.15, -0.1) is 0 Å². The van der Waals surface area contributed by atoms with Gasteiger partial charge in [-0.05, 0) is 24.5 Å². The summed E-state index contributed by atoms with van der Waals surface area (Å²) in [5, 5.41) is 13.7. The number of piperidine rings is 1. The summed E-state index contributed by atoms with van der Waals surface area (Å²) in [6, 6.07) is 9.26. The number of aromatic nitrogens is 3. The SMILES string of the molecule is Cn1c(C2CCN(S(C)(=O)=O)CC2)nn(Cc2ccccc2C#N)c1=O. The number of hydrogen-bond acceptors (Lipinski definition) is 5. The lowest BCUT2D eigenvalue weighted by molar-refractivity contribution is 0.311. The van der Waals surface area contributed by atoms with Gasteiger partial charge in [-0.3, -0.25) is 4.57 Å². The molecule has 3 rings (SSSR count). The fraction of sp³-hybridized carbons (Fsp3) is 0.471. The molecule has 0 amide bonds. The number of hydrogen-bond donors (Lipinski definition) is 0. The molecule has 0 spiro atoms. The normalized spacial score (nSPS) is 16.5. The zero-order valence-corrected chi connectivity index (χ0v) is 15.6. The molecule has 1 aliphatic rings. The molecule has 9 heteroatoms. The van der Waals surface area contributed by atoms with Crippen LogP contribution in [0.1, 0.15) is 35.7 Å². The first-order chi connectivity index (χ1) is 12.3. The molecule has 0 aliphatic carbocycles. The van der Waals surface area contributed by atoms with E-state index in [1.54, 1.807) is 19.2 Å². The summed E-state index contributed by atoms with van der Waals surface area (Å²) in [5.41, 5.74) is 1.03. The Bertz CT molecular complexity index is 1010. The van der Waals surface area contributed by atoms with Crippen molar-refractivity contribution in [3.05, 3.63) is 51.7 Å². The minimum absolute atomic E-state index is 0.0400. The summed E-state index contributed by atoms with van der Waals surface area (Å²) in [5.74, 6) is 0.704. The van der Waals surface area contributed by atoms with Gasteiger partial charge in [0.15, 0.2) is 0 Å². The van der Waals surface area contributed by atoms with E-state index in [-0.39, 0.29) is 18.2 Å². The Kier molecular flexibility index (Phi) is 4.98. The van der Waals surface area contributed by atoms with Crippen LogP contribution in [0.15, 0.2) is 29.1 Å². The van der Waals surface area contributed by atoms with E-state index in [9.17, 15) is 18.5 Å². The molecule has 0 unspecified atom stereocenters. The molecule has 0 bridgehead atoms. The molecule has 1 aromatic carbocycles. The molecule has 1 fully saturated rings. The zero-order chi connectivity index (χ0) is 18.9. The molecule has 138 valence electrons. The maximum absolute atomic E-state index is 12.5. The van der Waals surface area contributed by atoms with E-state index in [1.165, 1.54) is 19.8 Å². The van der Waals surface area contributed by atoms with Crippen molar-refractivity contribution >= 4 is 10.0 Å². The maximum atomic E-state index is 12.5. The van der Waals surface area contributed by atoms with E-state index < -0.39 is 10.0 Å². The first-order valence-corrected chi connectivity index (χ1v) is 10.2. The van der Waals surface area contributed by atoms with E-state index in [1.807, 2.05) is 12.1 Å². The van der Waals surface area contributed by atoms with Crippen molar-refractivity contribution in [2.75, 3.05) is 19.3 Å². The van der Waals surface area contributed by atoms with E-state index in [0.29, 0.717) is 37.3 Å². The minimum atomic E-state index is -3.18. The summed E-state index contributed by atoms with van der Waals surface area (Å²) in [7, 11) is -1.50. The zero-order valence-electron chi connectivity index (χ0n) is 14.8. The standard InChI is InChI=1S/C17H21N5O3S/c1-20-16(13-7-9-21(10-8-13)26(2,24)25)19-22(17(20)23)12-15-6-4-3-5-14(15)11-18/h3-6,13H,7-10,12H2,1-2H3. The van der Waals surface area contributed by atoms with Crippen LogP contribution in [0, 0.1) is 11.3 Å². The van der Waals surface area contributed by atoms with Crippen LogP contribution in [0.3, 0.4) is 0 Å². The van der Waals surface area contributed by atoms with Gasteiger partial charge < -0.3 is 0 Å². The van der Waals surface area contributed by atoms with Crippen LogP contribution < -0.4 is 5.69 Å². The van der Waals surface area contributed by atoms with Crippen LogP contribution in [0.25, 0.3) is 0 Å². The third-order valence-electron chi connectivity index (χ3n) is 4.82. The second-order valence-corrected chi connectivity index (χ2v) is 8.55. The number of sulfonamides is 1. The highest BCUT2D eigenvalue weighted by atomic mass is 32.2. The Balaban J connectivity index is 1.83. The van der Waals surface area contributed by atoms with Crippen LogP contribution >= 0.6 is 0 Å². The van der Waals surface area contributed by atoms with Gasteiger partial charge in [0.1, 0.15) is 5.82 Å². The smallest absolute Gasteiger partial charge is 0.282 e. The van der Waals surface area contributed by atoms with E-state index >= 15 is 0 Å². The Morgan fingerprint density at radius 3 is 2.54 bits per heavy atom. The molecule has 0 radical (unpaired) electrons. The van der Waals surface area contributed by atoms with Gasteiger partial charge in [0.2, 0.25) is 10.0 Å². The highest BCUT2D eigenvalue weighted by Crippen LogP contribution is 2.27. The molecule has 26 heavy (non-hydrogen) atoms. The number of benzene rings is 1.